The highest BCUT2D eigenvalue weighted by Gasteiger charge is 2.23. The van der Waals surface area contributed by atoms with Crippen LogP contribution in [0.3, 0.4) is 0 Å². The summed E-state index contributed by atoms with van der Waals surface area (Å²) in [5, 5.41) is 6.26. The van der Waals surface area contributed by atoms with Crippen LogP contribution in [0.25, 0.3) is 0 Å². The highest BCUT2D eigenvalue weighted by atomic mass is 35.5. The first-order chi connectivity index (χ1) is 11.6. The third kappa shape index (κ3) is 4.06. The number of halogens is 1. The van der Waals surface area contributed by atoms with Crippen molar-refractivity contribution in [2.24, 2.45) is 0 Å². The molecule has 2 fully saturated rings. The Morgan fingerprint density at radius 3 is 2.71 bits per heavy atom. The molecule has 2 amide bonds. The second-order valence-electron chi connectivity index (χ2n) is 6.12. The van der Waals surface area contributed by atoms with Gasteiger partial charge >= 0.3 is 0 Å². The van der Waals surface area contributed by atoms with E-state index in [9.17, 15) is 9.59 Å². The maximum Gasteiger partial charge on any atom is 0.255 e. The fourth-order valence-corrected chi connectivity index (χ4v) is 3.26. The molecule has 2 aliphatic heterocycles. The smallest absolute Gasteiger partial charge is 0.255 e. The summed E-state index contributed by atoms with van der Waals surface area (Å²) >= 11 is 6.27. The van der Waals surface area contributed by atoms with Crippen LogP contribution in [0.4, 0.5) is 5.69 Å². The minimum Gasteiger partial charge on any atom is -0.378 e. The van der Waals surface area contributed by atoms with Crippen LogP contribution >= 0.6 is 11.6 Å². The second kappa shape index (κ2) is 7.96. The quantitative estimate of drug-likeness (QED) is 0.872. The first-order valence-corrected chi connectivity index (χ1v) is 8.74. The Kier molecular flexibility index (Phi) is 5.71. The molecule has 0 bridgehead atoms. The van der Waals surface area contributed by atoms with Gasteiger partial charge in [-0.3, -0.25) is 9.59 Å². The number of morpholine rings is 1. The van der Waals surface area contributed by atoms with Crippen LogP contribution in [0.15, 0.2) is 18.2 Å². The van der Waals surface area contributed by atoms with E-state index < -0.39 is 0 Å². The number of benzene rings is 1. The first-order valence-electron chi connectivity index (χ1n) is 8.36. The average Bonchev–Trinajstić information content (AvgIpc) is 2.63. The van der Waals surface area contributed by atoms with Crippen LogP contribution in [-0.2, 0) is 9.53 Å². The van der Waals surface area contributed by atoms with Crippen LogP contribution in [0.5, 0.6) is 0 Å². The van der Waals surface area contributed by atoms with E-state index >= 15 is 0 Å². The molecule has 0 spiro atoms. The van der Waals surface area contributed by atoms with Gasteiger partial charge in [-0.05, 0) is 37.5 Å². The molecule has 2 N–H and O–H groups in total. The largest absolute Gasteiger partial charge is 0.378 e. The number of hydrogen-bond acceptors (Lipinski definition) is 4. The lowest BCUT2D eigenvalue weighted by molar-refractivity contribution is -0.120. The van der Waals surface area contributed by atoms with Crippen molar-refractivity contribution in [3.8, 4) is 0 Å². The van der Waals surface area contributed by atoms with Crippen LogP contribution in [-0.4, -0.2) is 55.6 Å². The molecule has 1 aromatic carbocycles. The number of nitrogens with one attached hydrogen (secondary N) is 2. The van der Waals surface area contributed by atoms with Gasteiger partial charge in [0.25, 0.3) is 5.91 Å². The van der Waals surface area contributed by atoms with Gasteiger partial charge in [-0.2, -0.15) is 0 Å². The number of ether oxygens (including phenoxy) is 1. The number of rotatable bonds is 3. The van der Waals surface area contributed by atoms with Crippen molar-refractivity contribution in [3.63, 3.8) is 0 Å². The molecule has 3 rings (SSSR count). The van der Waals surface area contributed by atoms with E-state index in [1.165, 1.54) is 6.42 Å². The van der Waals surface area contributed by atoms with Crippen molar-refractivity contribution >= 4 is 29.1 Å². The molecule has 0 aliphatic carbocycles. The van der Waals surface area contributed by atoms with E-state index in [4.69, 9.17) is 16.3 Å². The predicted molar refractivity (Wildman–Crippen MR) is 92.4 cm³/mol. The van der Waals surface area contributed by atoms with Crippen molar-refractivity contribution in [1.29, 1.82) is 0 Å². The van der Waals surface area contributed by atoms with Crippen molar-refractivity contribution in [3.05, 3.63) is 28.8 Å². The standard InChI is InChI=1S/C17H22ClN3O3/c18-14-10-12(20-16(22)15-11-24-9-6-19-15)4-5-13(14)17(23)21-7-2-1-3-8-21/h4-5,10,15,19H,1-3,6-9,11H2,(H,20,22). The fraction of sp³-hybridized carbons (Fsp3) is 0.529. The predicted octanol–water partition coefficient (Wildman–Crippen LogP) is 1.89. The van der Waals surface area contributed by atoms with Crippen molar-refractivity contribution in [2.45, 2.75) is 25.3 Å². The number of carbonyl (C=O) groups excluding carboxylic acids is 2. The highest BCUT2D eigenvalue weighted by molar-refractivity contribution is 6.34. The van der Waals surface area contributed by atoms with Crippen molar-refractivity contribution in [1.82, 2.24) is 10.2 Å². The topological polar surface area (TPSA) is 70.7 Å². The molecule has 6 nitrogen and oxygen atoms in total. The van der Waals surface area contributed by atoms with Gasteiger partial charge in [0.2, 0.25) is 5.91 Å². The van der Waals surface area contributed by atoms with E-state index in [1.807, 2.05) is 4.90 Å². The third-order valence-electron chi connectivity index (χ3n) is 4.35. The van der Waals surface area contributed by atoms with Crippen LogP contribution in [0.1, 0.15) is 29.6 Å². The molecule has 2 heterocycles. The zero-order chi connectivity index (χ0) is 16.9. The Labute approximate surface area is 146 Å². The average molecular weight is 352 g/mol. The van der Waals surface area contributed by atoms with Crippen molar-refractivity contribution in [2.75, 3.05) is 38.2 Å². The van der Waals surface area contributed by atoms with Crippen LogP contribution < -0.4 is 10.6 Å². The molecule has 24 heavy (non-hydrogen) atoms. The summed E-state index contributed by atoms with van der Waals surface area (Å²) in [5.74, 6) is -0.208. The normalized spacial score (nSPS) is 21.4. The first kappa shape index (κ1) is 17.2. The molecule has 0 radical (unpaired) electrons. The molecular formula is C17H22ClN3O3. The van der Waals surface area contributed by atoms with Gasteiger partial charge < -0.3 is 20.3 Å². The molecule has 130 valence electrons. The van der Waals surface area contributed by atoms with Gasteiger partial charge in [0, 0.05) is 25.3 Å². The minimum atomic E-state index is -0.368. The van der Waals surface area contributed by atoms with Gasteiger partial charge in [-0.1, -0.05) is 11.6 Å². The number of anilines is 1. The lowest BCUT2D eigenvalue weighted by atomic mass is 10.1. The molecular weight excluding hydrogens is 330 g/mol. The van der Waals surface area contributed by atoms with Crippen molar-refractivity contribution < 1.29 is 14.3 Å². The molecule has 1 atom stereocenters. The number of nitrogens with zero attached hydrogens (tertiary/aromatic N) is 1. The molecule has 0 saturated carbocycles. The van der Waals surface area contributed by atoms with Gasteiger partial charge in [-0.25, -0.2) is 0 Å². The number of hydrogen-bond donors (Lipinski definition) is 2. The zero-order valence-corrected chi connectivity index (χ0v) is 14.3. The van der Waals surface area contributed by atoms with E-state index in [1.54, 1.807) is 18.2 Å². The monoisotopic (exact) mass is 351 g/mol. The summed E-state index contributed by atoms with van der Waals surface area (Å²) in [7, 11) is 0. The molecule has 7 heteroatoms. The molecule has 1 aromatic rings. The third-order valence-corrected chi connectivity index (χ3v) is 4.66. The van der Waals surface area contributed by atoms with Crippen LogP contribution in [0.2, 0.25) is 5.02 Å². The maximum absolute atomic E-state index is 12.5. The summed E-state index contributed by atoms with van der Waals surface area (Å²) in [6, 6.07) is 4.65. The lowest BCUT2D eigenvalue weighted by Crippen LogP contribution is -2.48. The van der Waals surface area contributed by atoms with Gasteiger partial charge in [0.05, 0.1) is 23.8 Å². The number of piperidine rings is 1. The van der Waals surface area contributed by atoms with E-state index in [-0.39, 0.29) is 17.9 Å². The number of carbonyl (C=O) groups is 2. The summed E-state index contributed by atoms with van der Waals surface area (Å²) < 4.78 is 5.28. The molecule has 1 unspecified atom stereocenters. The van der Waals surface area contributed by atoms with Gasteiger partial charge in [0.1, 0.15) is 6.04 Å². The molecule has 0 aromatic heterocycles. The SMILES string of the molecule is O=C(Nc1ccc(C(=O)N2CCCCC2)c(Cl)c1)C1COCCN1. The Hall–Kier alpha value is -1.63. The Morgan fingerprint density at radius 2 is 2.04 bits per heavy atom. The zero-order valence-electron chi connectivity index (χ0n) is 13.5. The van der Waals surface area contributed by atoms with Crippen LogP contribution in [0, 0.1) is 0 Å². The summed E-state index contributed by atoms with van der Waals surface area (Å²) in [5.41, 5.74) is 1.06. The maximum atomic E-state index is 12.5. The van der Waals surface area contributed by atoms with E-state index in [2.05, 4.69) is 10.6 Å². The van der Waals surface area contributed by atoms with E-state index in [0.717, 1.165) is 25.9 Å². The Bertz CT molecular complexity index is 611. The summed E-state index contributed by atoms with van der Waals surface area (Å²) in [6.07, 6.45) is 3.24. The summed E-state index contributed by atoms with van der Waals surface area (Å²) in [4.78, 5) is 26.5. The Balaban J connectivity index is 1.65. The lowest BCUT2D eigenvalue weighted by Gasteiger charge is -2.27. The number of amides is 2. The second-order valence-corrected chi connectivity index (χ2v) is 6.53. The van der Waals surface area contributed by atoms with Gasteiger partial charge in [0.15, 0.2) is 0 Å². The Morgan fingerprint density at radius 1 is 1.25 bits per heavy atom. The minimum absolute atomic E-state index is 0.0417. The van der Waals surface area contributed by atoms with E-state index in [0.29, 0.717) is 36.0 Å². The highest BCUT2D eigenvalue weighted by Crippen LogP contribution is 2.24. The van der Waals surface area contributed by atoms with Gasteiger partial charge in [-0.15, -0.1) is 0 Å². The number of likely N-dealkylation sites (tertiary alicyclic amines) is 1. The summed E-state index contributed by atoms with van der Waals surface area (Å²) in [6.45, 7) is 3.18. The fourth-order valence-electron chi connectivity index (χ4n) is 3.00. The molecule has 2 aliphatic rings. The molecule has 2 saturated heterocycles.